The van der Waals surface area contributed by atoms with Gasteiger partial charge in [-0.05, 0) is 61.5 Å². The topological polar surface area (TPSA) is 45.6 Å². The standard InChI is InChI=1S/C19H19N3O2S/c1-12-7-5-9-16(13(12)2)22-10-6-8-14(22)11-15-17(23)20(3)19(25)21(4)18(15)24/h5-11H,1-4H3. The minimum absolute atomic E-state index is 0.101. The number of nitrogens with zero attached hydrogens (tertiary/aromatic N) is 3. The smallest absolute Gasteiger partial charge is 0.265 e. The van der Waals surface area contributed by atoms with Crippen LogP contribution in [-0.4, -0.2) is 45.4 Å². The van der Waals surface area contributed by atoms with E-state index in [-0.39, 0.29) is 22.5 Å². The van der Waals surface area contributed by atoms with E-state index in [0.717, 1.165) is 16.9 Å². The van der Waals surface area contributed by atoms with Crippen molar-refractivity contribution in [2.75, 3.05) is 14.1 Å². The summed E-state index contributed by atoms with van der Waals surface area (Å²) >= 11 is 5.12. The number of likely N-dealkylation sites (N-methyl/N-ethyl adjacent to an activating group) is 2. The number of aromatic nitrogens is 1. The Hall–Kier alpha value is -2.73. The monoisotopic (exact) mass is 353 g/mol. The van der Waals surface area contributed by atoms with Gasteiger partial charge in [0, 0.05) is 31.7 Å². The normalized spacial score (nSPS) is 15.2. The molecule has 1 fully saturated rings. The summed E-state index contributed by atoms with van der Waals surface area (Å²) in [4.78, 5) is 27.6. The minimum atomic E-state index is -0.387. The Labute approximate surface area is 152 Å². The van der Waals surface area contributed by atoms with E-state index in [2.05, 4.69) is 19.9 Å². The van der Waals surface area contributed by atoms with E-state index in [1.807, 2.05) is 35.0 Å². The molecular weight excluding hydrogens is 334 g/mol. The van der Waals surface area contributed by atoms with Crippen molar-refractivity contribution in [1.82, 2.24) is 14.4 Å². The fourth-order valence-electron chi connectivity index (χ4n) is 2.85. The van der Waals surface area contributed by atoms with Crippen LogP contribution in [0.2, 0.25) is 0 Å². The molecule has 0 aliphatic carbocycles. The molecule has 5 nitrogen and oxygen atoms in total. The van der Waals surface area contributed by atoms with E-state index in [1.165, 1.54) is 15.4 Å². The molecule has 0 saturated carbocycles. The molecule has 1 aromatic carbocycles. The number of benzene rings is 1. The molecule has 0 atom stereocenters. The SMILES string of the molecule is Cc1cccc(-n2cccc2C=C2C(=O)N(C)C(=S)N(C)C2=O)c1C. The van der Waals surface area contributed by atoms with Crippen molar-refractivity contribution in [3.05, 3.63) is 58.9 Å². The van der Waals surface area contributed by atoms with E-state index in [0.29, 0.717) is 0 Å². The van der Waals surface area contributed by atoms with Crippen molar-refractivity contribution >= 4 is 35.2 Å². The second-order valence-electron chi connectivity index (χ2n) is 6.09. The fourth-order valence-corrected chi connectivity index (χ4v) is 3.02. The van der Waals surface area contributed by atoms with Crippen molar-refractivity contribution in [3.63, 3.8) is 0 Å². The Bertz CT molecular complexity index is 901. The van der Waals surface area contributed by atoms with Crippen LogP contribution in [0.3, 0.4) is 0 Å². The first-order chi connectivity index (χ1) is 11.8. The average Bonchev–Trinajstić information content (AvgIpc) is 3.05. The van der Waals surface area contributed by atoms with Gasteiger partial charge in [0.2, 0.25) is 0 Å². The van der Waals surface area contributed by atoms with Crippen LogP contribution in [0.1, 0.15) is 16.8 Å². The van der Waals surface area contributed by atoms with E-state index in [1.54, 1.807) is 20.2 Å². The summed E-state index contributed by atoms with van der Waals surface area (Å²) in [5.74, 6) is -0.774. The zero-order valence-electron chi connectivity index (χ0n) is 14.6. The molecular formula is C19H19N3O2S. The van der Waals surface area contributed by atoms with Gasteiger partial charge in [-0.2, -0.15) is 0 Å². The molecule has 25 heavy (non-hydrogen) atoms. The van der Waals surface area contributed by atoms with Crippen molar-refractivity contribution in [1.29, 1.82) is 0 Å². The third-order valence-corrected chi connectivity index (χ3v) is 5.10. The Kier molecular flexibility index (Phi) is 4.30. The molecule has 3 rings (SSSR count). The average molecular weight is 353 g/mol. The maximum Gasteiger partial charge on any atom is 0.265 e. The molecule has 0 N–H and O–H groups in total. The zero-order valence-corrected chi connectivity index (χ0v) is 15.4. The summed E-state index contributed by atoms with van der Waals surface area (Å²) in [7, 11) is 3.15. The number of carbonyl (C=O) groups is 2. The van der Waals surface area contributed by atoms with E-state index >= 15 is 0 Å². The molecule has 1 aliphatic heterocycles. The molecule has 1 saturated heterocycles. The molecule has 1 aliphatic rings. The second-order valence-corrected chi connectivity index (χ2v) is 6.46. The van der Waals surface area contributed by atoms with Gasteiger partial charge in [-0.25, -0.2) is 0 Å². The summed E-state index contributed by atoms with van der Waals surface area (Å²) in [6.07, 6.45) is 3.55. The highest BCUT2D eigenvalue weighted by Gasteiger charge is 2.35. The first-order valence-corrected chi connectivity index (χ1v) is 8.29. The third-order valence-electron chi connectivity index (χ3n) is 4.55. The highest BCUT2D eigenvalue weighted by molar-refractivity contribution is 7.80. The van der Waals surface area contributed by atoms with E-state index in [4.69, 9.17) is 12.2 Å². The molecule has 6 heteroatoms. The van der Waals surface area contributed by atoms with Crippen LogP contribution in [0.25, 0.3) is 11.8 Å². The number of aryl methyl sites for hydroxylation is 1. The van der Waals surface area contributed by atoms with Gasteiger partial charge in [-0.3, -0.25) is 19.4 Å². The van der Waals surface area contributed by atoms with Crippen LogP contribution in [0.5, 0.6) is 0 Å². The van der Waals surface area contributed by atoms with Gasteiger partial charge in [-0.1, -0.05) is 12.1 Å². The summed E-state index contributed by atoms with van der Waals surface area (Å²) in [6, 6.07) is 9.83. The lowest BCUT2D eigenvalue weighted by molar-refractivity contribution is -0.132. The van der Waals surface area contributed by atoms with Crippen LogP contribution >= 0.6 is 12.2 Å². The highest BCUT2D eigenvalue weighted by Crippen LogP contribution is 2.23. The van der Waals surface area contributed by atoms with Gasteiger partial charge >= 0.3 is 0 Å². The van der Waals surface area contributed by atoms with Crippen molar-refractivity contribution in [3.8, 4) is 5.69 Å². The van der Waals surface area contributed by atoms with Gasteiger partial charge in [0.1, 0.15) is 5.57 Å². The number of amides is 2. The van der Waals surface area contributed by atoms with Gasteiger partial charge in [0.05, 0.1) is 0 Å². The highest BCUT2D eigenvalue weighted by atomic mass is 32.1. The fraction of sp³-hybridized carbons (Fsp3) is 0.211. The molecule has 2 heterocycles. The lowest BCUT2D eigenvalue weighted by atomic mass is 10.1. The third kappa shape index (κ3) is 2.78. The Morgan fingerprint density at radius 1 is 0.960 bits per heavy atom. The van der Waals surface area contributed by atoms with Gasteiger partial charge < -0.3 is 4.57 Å². The number of thiocarbonyl (C=S) groups is 1. The molecule has 0 radical (unpaired) electrons. The summed E-state index contributed by atoms with van der Waals surface area (Å²) < 4.78 is 1.98. The largest absolute Gasteiger partial charge is 0.317 e. The lowest BCUT2D eigenvalue weighted by Gasteiger charge is -2.31. The predicted octanol–water partition coefficient (Wildman–Crippen LogP) is 2.69. The van der Waals surface area contributed by atoms with E-state index in [9.17, 15) is 9.59 Å². The molecule has 0 spiro atoms. The van der Waals surface area contributed by atoms with Crippen LogP contribution in [0, 0.1) is 13.8 Å². The van der Waals surface area contributed by atoms with Crippen molar-refractivity contribution in [2.24, 2.45) is 0 Å². The second kappa shape index (κ2) is 6.29. The van der Waals surface area contributed by atoms with Gasteiger partial charge in [0.15, 0.2) is 5.11 Å². The number of carbonyl (C=O) groups excluding carboxylic acids is 2. The Morgan fingerprint density at radius 2 is 1.60 bits per heavy atom. The first kappa shape index (κ1) is 17.1. The number of rotatable bonds is 2. The maximum absolute atomic E-state index is 12.5. The summed E-state index contributed by atoms with van der Waals surface area (Å²) in [5.41, 5.74) is 4.21. The zero-order chi connectivity index (χ0) is 18.3. The first-order valence-electron chi connectivity index (χ1n) is 7.88. The molecule has 0 bridgehead atoms. The van der Waals surface area contributed by atoms with Crippen LogP contribution in [0.15, 0.2) is 42.1 Å². The summed E-state index contributed by atoms with van der Waals surface area (Å²) in [6.45, 7) is 4.11. The minimum Gasteiger partial charge on any atom is -0.317 e. The molecule has 2 aromatic rings. The molecule has 128 valence electrons. The quantitative estimate of drug-likeness (QED) is 0.474. The van der Waals surface area contributed by atoms with Gasteiger partial charge in [-0.15, -0.1) is 0 Å². The van der Waals surface area contributed by atoms with E-state index < -0.39 is 0 Å². The Balaban J connectivity index is 2.10. The maximum atomic E-state index is 12.5. The van der Waals surface area contributed by atoms with Crippen LogP contribution < -0.4 is 0 Å². The van der Waals surface area contributed by atoms with Crippen molar-refractivity contribution in [2.45, 2.75) is 13.8 Å². The lowest BCUT2D eigenvalue weighted by Crippen LogP contribution is -2.52. The molecule has 1 aromatic heterocycles. The Morgan fingerprint density at radius 3 is 2.24 bits per heavy atom. The molecule has 0 unspecified atom stereocenters. The molecule has 2 amide bonds. The van der Waals surface area contributed by atoms with Crippen molar-refractivity contribution < 1.29 is 9.59 Å². The number of hydrogen-bond acceptors (Lipinski definition) is 3. The number of hydrogen-bond donors (Lipinski definition) is 0. The predicted molar refractivity (Wildman–Crippen MR) is 101 cm³/mol. The summed E-state index contributed by atoms with van der Waals surface area (Å²) in [5, 5.41) is 0.206. The van der Waals surface area contributed by atoms with Gasteiger partial charge in [0.25, 0.3) is 11.8 Å². The van der Waals surface area contributed by atoms with Crippen LogP contribution in [-0.2, 0) is 9.59 Å². The van der Waals surface area contributed by atoms with Crippen LogP contribution in [0.4, 0.5) is 0 Å².